The summed E-state index contributed by atoms with van der Waals surface area (Å²) in [7, 11) is 0. The smallest absolute Gasteiger partial charge is 0.132 e. The zero-order chi connectivity index (χ0) is 13.0. The first-order valence-corrected chi connectivity index (χ1v) is 6.58. The molecule has 0 bridgehead atoms. The summed E-state index contributed by atoms with van der Waals surface area (Å²) in [6.07, 6.45) is 5.03. The molecular weight excluding hydrogens is 246 g/mol. The quantitative estimate of drug-likeness (QED) is 0.830. The Morgan fingerprint density at radius 1 is 1.44 bits per heavy atom. The van der Waals surface area contributed by atoms with E-state index < -0.39 is 0 Å². The van der Waals surface area contributed by atoms with Gasteiger partial charge in [-0.15, -0.1) is 0 Å². The van der Waals surface area contributed by atoms with E-state index in [0.29, 0.717) is 5.15 Å². The summed E-state index contributed by atoms with van der Waals surface area (Å²) in [4.78, 5) is 4.13. The molecule has 2 heterocycles. The van der Waals surface area contributed by atoms with Gasteiger partial charge in [-0.3, -0.25) is 0 Å². The molecule has 0 aliphatic heterocycles. The van der Waals surface area contributed by atoms with Gasteiger partial charge in [0.05, 0.1) is 18.4 Å². The third-order valence-corrected chi connectivity index (χ3v) is 3.27. The molecule has 0 atom stereocenters. The van der Waals surface area contributed by atoms with Gasteiger partial charge in [0, 0.05) is 18.4 Å². The van der Waals surface area contributed by atoms with E-state index in [9.17, 15) is 0 Å². The largest absolute Gasteiger partial charge is 0.378 e. The summed E-state index contributed by atoms with van der Waals surface area (Å²) in [5.41, 5.74) is 3.27. The van der Waals surface area contributed by atoms with E-state index in [-0.39, 0.29) is 0 Å². The van der Waals surface area contributed by atoms with Crippen molar-refractivity contribution in [2.45, 2.75) is 33.4 Å². The number of aromatic nitrogens is 2. The summed E-state index contributed by atoms with van der Waals surface area (Å²) in [5, 5.41) is 3.94. The number of hydrogen-bond donors (Lipinski definition) is 1. The third-order valence-electron chi connectivity index (χ3n) is 2.88. The van der Waals surface area contributed by atoms with Crippen molar-refractivity contribution in [1.82, 2.24) is 9.55 Å². The Bertz CT molecular complexity index is 520. The lowest BCUT2D eigenvalue weighted by Gasteiger charge is -2.10. The molecule has 0 aromatic carbocycles. The monoisotopic (exact) mass is 263 g/mol. The SMILES string of the molecule is CCCn1cccc1CNc1cnc(Cl)c(C)c1. The van der Waals surface area contributed by atoms with Crippen LogP contribution < -0.4 is 5.32 Å². The standard InChI is InChI=1S/C14H18ClN3/c1-3-6-18-7-4-5-13(18)10-16-12-8-11(2)14(15)17-9-12/h4-5,7-9,16H,3,6,10H2,1-2H3. The lowest BCUT2D eigenvalue weighted by Crippen LogP contribution is -2.07. The zero-order valence-electron chi connectivity index (χ0n) is 10.8. The lowest BCUT2D eigenvalue weighted by atomic mass is 10.3. The molecule has 0 amide bonds. The van der Waals surface area contributed by atoms with Crippen molar-refractivity contribution in [2.75, 3.05) is 5.32 Å². The summed E-state index contributed by atoms with van der Waals surface area (Å²) in [6, 6.07) is 6.24. The number of nitrogens with zero attached hydrogens (tertiary/aromatic N) is 2. The number of pyridine rings is 1. The number of hydrogen-bond acceptors (Lipinski definition) is 2. The average molecular weight is 264 g/mol. The maximum Gasteiger partial charge on any atom is 0.132 e. The molecule has 0 aliphatic rings. The molecule has 18 heavy (non-hydrogen) atoms. The van der Waals surface area contributed by atoms with E-state index >= 15 is 0 Å². The minimum Gasteiger partial charge on any atom is -0.378 e. The molecule has 1 N–H and O–H groups in total. The van der Waals surface area contributed by atoms with Crippen LogP contribution in [0.3, 0.4) is 0 Å². The molecule has 4 heteroatoms. The van der Waals surface area contributed by atoms with Crippen molar-refractivity contribution in [1.29, 1.82) is 0 Å². The predicted molar refractivity (Wildman–Crippen MR) is 76.0 cm³/mol. The first-order valence-electron chi connectivity index (χ1n) is 6.20. The number of aryl methyl sites for hydroxylation is 2. The molecule has 0 saturated carbocycles. The molecule has 2 rings (SSSR count). The molecule has 0 aliphatic carbocycles. The highest BCUT2D eigenvalue weighted by molar-refractivity contribution is 6.30. The second-order valence-corrected chi connectivity index (χ2v) is 4.74. The highest BCUT2D eigenvalue weighted by Gasteiger charge is 2.02. The van der Waals surface area contributed by atoms with Crippen LogP contribution in [0.5, 0.6) is 0 Å². The van der Waals surface area contributed by atoms with Crippen molar-refractivity contribution < 1.29 is 0 Å². The number of rotatable bonds is 5. The first-order chi connectivity index (χ1) is 8.70. The number of anilines is 1. The van der Waals surface area contributed by atoms with Gasteiger partial charge in [-0.05, 0) is 37.1 Å². The zero-order valence-corrected chi connectivity index (χ0v) is 11.5. The van der Waals surface area contributed by atoms with Gasteiger partial charge >= 0.3 is 0 Å². The predicted octanol–water partition coefficient (Wildman–Crippen LogP) is 3.87. The minimum atomic E-state index is 0.565. The van der Waals surface area contributed by atoms with Gasteiger partial charge in [0.15, 0.2) is 0 Å². The van der Waals surface area contributed by atoms with E-state index in [4.69, 9.17) is 11.6 Å². The second-order valence-electron chi connectivity index (χ2n) is 4.38. The maximum absolute atomic E-state index is 5.90. The molecule has 0 radical (unpaired) electrons. The Balaban J connectivity index is 2.02. The van der Waals surface area contributed by atoms with E-state index in [2.05, 4.69) is 40.1 Å². The van der Waals surface area contributed by atoms with Gasteiger partial charge in [0.2, 0.25) is 0 Å². The fraction of sp³-hybridized carbons (Fsp3) is 0.357. The summed E-state index contributed by atoms with van der Waals surface area (Å²) in [5.74, 6) is 0. The van der Waals surface area contributed by atoms with E-state index in [0.717, 1.165) is 30.8 Å². The molecule has 0 unspecified atom stereocenters. The summed E-state index contributed by atoms with van der Waals surface area (Å²) >= 11 is 5.90. The first kappa shape index (κ1) is 13.0. The lowest BCUT2D eigenvalue weighted by molar-refractivity contribution is 0.654. The minimum absolute atomic E-state index is 0.565. The highest BCUT2D eigenvalue weighted by Crippen LogP contribution is 2.17. The third kappa shape index (κ3) is 3.05. The Hall–Kier alpha value is -1.48. The molecule has 96 valence electrons. The fourth-order valence-electron chi connectivity index (χ4n) is 1.92. The van der Waals surface area contributed by atoms with Crippen molar-refractivity contribution in [3.8, 4) is 0 Å². The van der Waals surface area contributed by atoms with Gasteiger partial charge in [-0.25, -0.2) is 4.98 Å². The van der Waals surface area contributed by atoms with Crippen LogP contribution in [0.15, 0.2) is 30.6 Å². The van der Waals surface area contributed by atoms with E-state index in [1.54, 1.807) is 6.20 Å². The maximum atomic E-state index is 5.90. The normalized spacial score (nSPS) is 10.6. The van der Waals surface area contributed by atoms with Crippen molar-refractivity contribution in [3.05, 3.63) is 47.0 Å². The summed E-state index contributed by atoms with van der Waals surface area (Å²) < 4.78 is 2.27. The Morgan fingerprint density at radius 3 is 3.00 bits per heavy atom. The molecule has 0 saturated heterocycles. The Labute approximate surface area is 113 Å². The topological polar surface area (TPSA) is 29.9 Å². The van der Waals surface area contributed by atoms with Crippen LogP contribution >= 0.6 is 11.6 Å². The molecule has 2 aromatic rings. The molecule has 0 spiro atoms. The highest BCUT2D eigenvalue weighted by atomic mass is 35.5. The molecular formula is C14H18ClN3. The average Bonchev–Trinajstić information content (AvgIpc) is 2.79. The van der Waals surface area contributed by atoms with Crippen LogP contribution in [-0.2, 0) is 13.1 Å². The second kappa shape index (κ2) is 5.91. The number of halogens is 1. The van der Waals surface area contributed by atoms with Crippen LogP contribution in [0, 0.1) is 6.92 Å². The van der Waals surface area contributed by atoms with Crippen molar-refractivity contribution in [2.24, 2.45) is 0 Å². The van der Waals surface area contributed by atoms with Gasteiger partial charge in [0.25, 0.3) is 0 Å². The van der Waals surface area contributed by atoms with Crippen LogP contribution in [0.2, 0.25) is 5.15 Å². The van der Waals surface area contributed by atoms with Crippen LogP contribution in [0.4, 0.5) is 5.69 Å². The van der Waals surface area contributed by atoms with Gasteiger partial charge in [0.1, 0.15) is 5.15 Å². The van der Waals surface area contributed by atoms with E-state index in [1.165, 1.54) is 5.69 Å². The summed E-state index contributed by atoms with van der Waals surface area (Å²) in [6.45, 7) is 6.00. The Kier molecular flexibility index (Phi) is 4.26. The van der Waals surface area contributed by atoms with Crippen molar-refractivity contribution in [3.63, 3.8) is 0 Å². The van der Waals surface area contributed by atoms with Crippen LogP contribution in [-0.4, -0.2) is 9.55 Å². The van der Waals surface area contributed by atoms with Gasteiger partial charge < -0.3 is 9.88 Å². The van der Waals surface area contributed by atoms with Crippen LogP contribution in [0.25, 0.3) is 0 Å². The molecule has 2 aromatic heterocycles. The van der Waals surface area contributed by atoms with Gasteiger partial charge in [-0.2, -0.15) is 0 Å². The van der Waals surface area contributed by atoms with Gasteiger partial charge in [-0.1, -0.05) is 18.5 Å². The van der Waals surface area contributed by atoms with Crippen molar-refractivity contribution >= 4 is 17.3 Å². The number of nitrogens with one attached hydrogen (secondary N) is 1. The van der Waals surface area contributed by atoms with E-state index in [1.807, 2.05) is 13.0 Å². The van der Waals surface area contributed by atoms with Crippen LogP contribution in [0.1, 0.15) is 24.6 Å². The molecule has 0 fully saturated rings. The molecule has 3 nitrogen and oxygen atoms in total. The Morgan fingerprint density at radius 2 is 2.28 bits per heavy atom. The fourth-order valence-corrected chi connectivity index (χ4v) is 2.02.